The van der Waals surface area contributed by atoms with E-state index >= 15 is 0 Å². The van der Waals surface area contributed by atoms with Crippen LogP contribution in [0.4, 0.5) is 11.5 Å². The first kappa shape index (κ1) is 13.8. The van der Waals surface area contributed by atoms with Gasteiger partial charge in [-0.2, -0.15) is 0 Å². The molecule has 0 fully saturated rings. The van der Waals surface area contributed by atoms with Gasteiger partial charge in [0.1, 0.15) is 5.82 Å². The van der Waals surface area contributed by atoms with Crippen LogP contribution in [-0.2, 0) is 0 Å². The molecule has 0 amide bonds. The van der Waals surface area contributed by atoms with Crippen LogP contribution in [0.3, 0.4) is 0 Å². The van der Waals surface area contributed by atoms with Gasteiger partial charge in [-0.15, -0.1) is 0 Å². The monoisotopic (exact) mass is 237 g/mol. The number of pyridine rings is 1. The minimum atomic E-state index is -0.332. The van der Waals surface area contributed by atoms with E-state index in [4.69, 9.17) is 0 Å². The van der Waals surface area contributed by atoms with E-state index in [-0.39, 0.29) is 11.5 Å². The van der Waals surface area contributed by atoms with Gasteiger partial charge in [-0.25, -0.2) is 4.98 Å². The minimum absolute atomic E-state index is 0.148. The summed E-state index contributed by atoms with van der Waals surface area (Å²) in [5.74, 6) is 0.820. The fraction of sp³-hybridized carbons (Fsp3) is 0.615. The average molecular weight is 237 g/mol. The summed E-state index contributed by atoms with van der Waals surface area (Å²) >= 11 is 0. The van der Waals surface area contributed by atoms with Crippen molar-refractivity contribution in [3.63, 3.8) is 0 Å². The second-order valence-electron chi connectivity index (χ2n) is 5.48. The third kappa shape index (κ3) is 5.54. The molecule has 0 aliphatic rings. The zero-order valence-corrected chi connectivity index (χ0v) is 11.1. The lowest BCUT2D eigenvalue weighted by Gasteiger charge is -2.22. The van der Waals surface area contributed by atoms with Crippen molar-refractivity contribution in [1.29, 1.82) is 0 Å². The Morgan fingerprint density at radius 2 is 2.12 bits per heavy atom. The predicted octanol–water partition coefficient (Wildman–Crippen LogP) is 2.33. The van der Waals surface area contributed by atoms with Crippen LogP contribution in [0.25, 0.3) is 0 Å². The summed E-state index contributed by atoms with van der Waals surface area (Å²) < 4.78 is 0. The molecule has 0 aliphatic heterocycles. The Morgan fingerprint density at radius 1 is 1.41 bits per heavy atom. The molecule has 0 aliphatic carbocycles. The Kier molecular flexibility index (Phi) is 4.75. The molecule has 0 spiro atoms. The molecule has 0 saturated carbocycles. The molecule has 1 atom stereocenters. The molecule has 1 aromatic rings. The number of aliphatic hydroxyl groups excluding tert-OH is 1. The average Bonchev–Trinajstić information content (AvgIpc) is 2.24. The lowest BCUT2D eigenvalue weighted by molar-refractivity contribution is 0.132. The molecule has 4 nitrogen and oxygen atoms in total. The van der Waals surface area contributed by atoms with Crippen LogP contribution < -0.4 is 10.6 Å². The Morgan fingerprint density at radius 3 is 2.71 bits per heavy atom. The third-order valence-electron chi connectivity index (χ3n) is 2.41. The molecule has 4 heteroatoms. The van der Waals surface area contributed by atoms with Crippen molar-refractivity contribution in [2.45, 2.75) is 33.3 Å². The number of aromatic nitrogens is 1. The Bertz CT molecular complexity index is 347. The summed E-state index contributed by atoms with van der Waals surface area (Å²) in [6.45, 7) is 6.94. The molecule has 1 unspecified atom stereocenters. The normalized spacial score (nSPS) is 13.2. The van der Waals surface area contributed by atoms with E-state index in [0.29, 0.717) is 6.54 Å². The van der Waals surface area contributed by atoms with Crippen molar-refractivity contribution in [2.24, 2.45) is 5.41 Å². The number of aliphatic hydroxyl groups is 1. The van der Waals surface area contributed by atoms with E-state index < -0.39 is 0 Å². The van der Waals surface area contributed by atoms with Gasteiger partial charge in [0.2, 0.25) is 0 Å². The number of hydrogen-bond acceptors (Lipinski definition) is 4. The highest BCUT2D eigenvalue weighted by Crippen LogP contribution is 2.21. The maximum atomic E-state index is 9.88. The van der Waals surface area contributed by atoms with Crippen molar-refractivity contribution < 1.29 is 5.11 Å². The molecule has 17 heavy (non-hydrogen) atoms. The van der Waals surface area contributed by atoms with Crippen molar-refractivity contribution in [3.8, 4) is 0 Å². The van der Waals surface area contributed by atoms with E-state index in [1.807, 2.05) is 19.2 Å². The lowest BCUT2D eigenvalue weighted by Crippen LogP contribution is -2.25. The molecule has 0 aromatic carbocycles. The second-order valence-corrected chi connectivity index (χ2v) is 5.48. The van der Waals surface area contributed by atoms with Crippen molar-refractivity contribution in [1.82, 2.24) is 4.98 Å². The van der Waals surface area contributed by atoms with Gasteiger partial charge in [0, 0.05) is 31.5 Å². The molecule has 0 saturated heterocycles. The minimum Gasteiger partial charge on any atom is -0.391 e. The van der Waals surface area contributed by atoms with Gasteiger partial charge in [0.15, 0.2) is 0 Å². The van der Waals surface area contributed by atoms with Crippen LogP contribution in [0.15, 0.2) is 18.3 Å². The SMILES string of the molecule is CNc1cc(NCC(O)CC(C)(C)C)ccn1. The predicted molar refractivity (Wildman–Crippen MR) is 72.4 cm³/mol. The molecule has 0 bridgehead atoms. The second kappa shape index (κ2) is 5.87. The van der Waals surface area contributed by atoms with Gasteiger partial charge in [-0.3, -0.25) is 0 Å². The maximum absolute atomic E-state index is 9.88. The standard InChI is InChI=1S/C13H23N3O/c1-13(2,3)8-11(17)9-16-10-5-6-15-12(7-10)14-4/h5-7,11,17H,8-9H2,1-4H3,(H2,14,15,16). The van der Waals surface area contributed by atoms with E-state index in [0.717, 1.165) is 17.9 Å². The van der Waals surface area contributed by atoms with Gasteiger partial charge in [-0.1, -0.05) is 20.8 Å². The van der Waals surface area contributed by atoms with Gasteiger partial charge in [-0.05, 0) is 17.9 Å². The summed E-state index contributed by atoms with van der Waals surface area (Å²) in [4.78, 5) is 4.13. The van der Waals surface area contributed by atoms with Gasteiger partial charge in [0.25, 0.3) is 0 Å². The van der Waals surface area contributed by atoms with Crippen LogP contribution in [0, 0.1) is 5.41 Å². The van der Waals surface area contributed by atoms with E-state index in [2.05, 4.69) is 36.4 Å². The summed E-state index contributed by atoms with van der Waals surface area (Å²) in [6.07, 6.45) is 2.19. The molecule has 0 radical (unpaired) electrons. The van der Waals surface area contributed by atoms with E-state index in [1.165, 1.54) is 0 Å². The Labute approximate surface area is 103 Å². The molecule has 3 N–H and O–H groups in total. The molecular weight excluding hydrogens is 214 g/mol. The Balaban J connectivity index is 2.44. The first-order chi connectivity index (χ1) is 7.90. The summed E-state index contributed by atoms with van der Waals surface area (Å²) in [5.41, 5.74) is 1.12. The summed E-state index contributed by atoms with van der Waals surface area (Å²) in [7, 11) is 1.83. The van der Waals surface area contributed by atoms with Crippen molar-refractivity contribution in [2.75, 3.05) is 24.2 Å². The van der Waals surface area contributed by atoms with Crippen LogP contribution in [0.1, 0.15) is 27.2 Å². The van der Waals surface area contributed by atoms with E-state index in [1.54, 1.807) is 6.20 Å². The van der Waals surface area contributed by atoms with Crippen LogP contribution in [-0.4, -0.2) is 29.8 Å². The molecule has 96 valence electrons. The van der Waals surface area contributed by atoms with Gasteiger partial charge in [0.05, 0.1) is 6.10 Å². The van der Waals surface area contributed by atoms with Crippen LogP contribution in [0.5, 0.6) is 0 Å². The largest absolute Gasteiger partial charge is 0.391 e. The lowest BCUT2D eigenvalue weighted by atomic mass is 9.89. The van der Waals surface area contributed by atoms with E-state index in [9.17, 15) is 5.11 Å². The smallest absolute Gasteiger partial charge is 0.127 e. The van der Waals surface area contributed by atoms with Gasteiger partial charge >= 0.3 is 0 Å². The zero-order chi connectivity index (χ0) is 12.9. The topological polar surface area (TPSA) is 57.2 Å². The number of nitrogens with one attached hydrogen (secondary N) is 2. The van der Waals surface area contributed by atoms with Crippen molar-refractivity contribution >= 4 is 11.5 Å². The summed E-state index contributed by atoms with van der Waals surface area (Å²) in [6, 6.07) is 3.81. The zero-order valence-electron chi connectivity index (χ0n) is 11.1. The Hall–Kier alpha value is -1.29. The molecular formula is C13H23N3O. The summed E-state index contributed by atoms with van der Waals surface area (Å²) in [5, 5.41) is 16.1. The van der Waals surface area contributed by atoms with Crippen LogP contribution in [0.2, 0.25) is 0 Å². The molecule has 1 aromatic heterocycles. The highest BCUT2D eigenvalue weighted by atomic mass is 16.3. The number of rotatable bonds is 5. The number of hydrogen-bond donors (Lipinski definition) is 3. The highest BCUT2D eigenvalue weighted by Gasteiger charge is 2.16. The quantitative estimate of drug-likeness (QED) is 0.735. The third-order valence-corrected chi connectivity index (χ3v) is 2.41. The fourth-order valence-corrected chi connectivity index (χ4v) is 1.69. The molecule has 1 rings (SSSR count). The highest BCUT2D eigenvalue weighted by molar-refractivity contribution is 5.51. The first-order valence-corrected chi connectivity index (χ1v) is 5.96. The number of nitrogens with zero attached hydrogens (tertiary/aromatic N) is 1. The molecule has 1 heterocycles. The van der Waals surface area contributed by atoms with Crippen molar-refractivity contribution in [3.05, 3.63) is 18.3 Å². The van der Waals surface area contributed by atoms with Crippen LogP contribution >= 0.6 is 0 Å². The first-order valence-electron chi connectivity index (χ1n) is 5.96. The number of anilines is 2. The fourth-order valence-electron chi connectivity index (χ4n) is 1.69. The maximum Gasteiger partial charge on any atom is 0.127 e. The van der Waals surface area contributed by atoms with Gasteiger partial charge < -0.3 is 15.7 Å².